The molecule has 0 spiro atoms. The zero-order chi connectivity index (χ0) is 25.0. The topological polar surface area (TPSA) is 86.0 Å². The van der Waals surface area contributed by atoms with Crippen LogP contribution in [0.15, 0.2) is 35.7 Å². The average molecular weight is 496 g/mol. The minimum atomic E-state index is -4.53. The van der Waals surface area contributed by atoms with Gasteiger partial charge < -0.3 is 15.8 Å². The van der Waals surface area contributed by atoms with Gasteiger partial charge in [-0.1, -0.05) is 52.9 Å². The maximum atomic E-state index is 13.6. The van der Waals surface area contributed by atoms with Gasteiger partial charge in [0.15, 0.2) is 5.13 Å². The van der Waals surface area contributed by atoms with Crippen molar-refractivity contribution < 1.29 is 17.9 Å². The number of nitrogens with one attached hydrogen (secondary N) is 1. The van der Waals surface area contributed by atoms with E-state index in [9.17, 15) is 13.2 Å². The van der Waals surface area contributed by atoms with Gasteiger partial charge in [-0.15, -0.1) is 21.5 Å². The zero-order valence-electron chi connectivity index (χ0n) is 19.8. The number of benzene rings is 1. The van der Waals surface area contributed by atoms with Gasteiger partial charge >= 0.3 is 6.18 Å². The van der Waals surface area contributed by atoms with Gasteiger partial charge in [0.05, 0.1) is 12.2 Å². The van der Waals surface area contributed by atoms with Crippen LogP contribution in [0.2, 0.25) is 0 Å². The molecule has 34 heavy (non-hydrogen) atoms. The lowest BCUT2D eigenvalue weighted by Crippen LogP contribution is -2.10. The summed E-state index contributed by atoms with van der Waals surface area (Å²) in [5, 5.41) is 12.8. The maximum absolute atomic E-state index is 13.6. The molecule has 0 aliphatic carbocycles. The number of nitrogens with two attached hydrogens (primary N) is 1. The van der Waals surface area contributed by atoms with Crippen molar-refractivity contribution in [3.8, 4) is 17.1 Å². The van der Waals surface area contributed by atoms with Crippen LogP contribution in [0.25, 0.3) is 11.4 Å². The highest BCUT2D eigenvalue weighted by atomic mass is 32.1. The SMILES string of the molecule is CC.CCCCCCCCOc1ccc(Nc2nc(-c3ccc(N)nn3)cs2)cc1C(F)(F)F. The molecule has 0 fully saturated rings. The Bertz CT molecular complexity index is 993. The summed E-state index contributed by atoms with van der Waals surface area (Å²) in [4.78, 5) is 4.36. The number of alkyl halides is 3. The fourth-order valence-corrected chi connectivity index (χ4v) is 3.80. The highest BCUT2D eigenvalue weighted by Crippen LogP contribution is 2.39. The van der Waals surface area contributed by atoms with E-state index in [0.717, 1.165) is 38.2 Å². The summed E-state index contributed by atoms with van der Waals surface area (Å²) in [6.07, 6.45) is 1.72. The van der Waals surface area contributed by atoms with Crippen molar-refractivity contribution in [2.45, 2.75) is 65.5 Å². The Balaban J connectivity index is 0.00000199. The third kappa shape index (κ3) is 8.48. The van der Waals surface area contributed by atoms with Gasteiger partial charge in [0, 0.05) is 11.1 Å². The number of anilines is 3. The minimum absolute atomic E-state index is 0.159. The normalized spacial score (nSPS) is 11.0. The average Bonchev–Trinajstić information content (AvgIpc) is 3.29. The molecule has 2 aromatic heterocycles. The number of nitrogens with zero attached hydrogens (tertiary/aromatic N) is 3. The molecule has 6 nitrogen and oxygen atoms in total. The monoisotopic (exact) mass is 495 g/mol. The summed E-state index contributed by atoms with van der Waals surface area (Å²) in [7, 11) is 0. The Morgan fingerprint density at radius 1 is 0.971 bits per heavy atom. The molecule has 10 heteroatoms. The van der Waals surface area contributed by atoms with Crippen LogP contribution in [0.1, 0.15) is 64.9 Å². The van der Waals surface area contributed by atoms with E-state index in [0.29, 0.717) is 22.3 Å². The highest BCUT2D eigenvalue weighted by Gasteiger charge is 2.34. The van der Waals surface area contributed by atoms with E-state index in [2.05, 4.69) is 27.4 Å². The third-order valence-electron chi connectivity index (χ3n) is 4.74. The van der Waals surface area contributed by atoms with Crippen LogP contribution in [0, 0.1) is 0 Å². The quantitative estimate of drug-likeness (QED) is 0.265. The van der Waals surface area contributed by atoms with E-state index in [1.54, 1.807) is 23.6 Å². The van der Waals surface area contributed by atoms with Gasteiger partial charge in [-0.3, -0.25) is 0 Å². The summed E-state index contributed by atoms with van der Waals surface area (Å²) >= 11 is 1.25. The van der Waals surface area contributed by atoms with Crippen molar-refractivity contribution in [1.82, 2.24) is 15.2 Å². The van der Waals surface area contributed by atoms with Crippen molar-refractivity contribution in [3.63, 3.8) is 0 Å². The summed E-state index contributed by atoms with van der Waals surface area (Å²) in [5.41, 5.74) is 6.07. The molecule has 0 unspecified atom stereocenters. The Hall–Kier alpha value is -2.88. The van der Waals surface area contributed by atoms with Gasteiger partial charge in [0.1, 0.15) is 23.0 Å². The van der Waals surface area contributed by atoms with Crippen molar-refractivity contribution in [1.29, 1.82) is 0 Å². The van der Waals surface area contributed by atoms with Gasteiger partial charge in [0.2, 0.25) is 0 Å². The molecule has 0 radical (unpaired) electrons. The molecule has 3 rings (SSSR count). The number of aromatic nitrogens is 3. The molecule has 1 aromatic carbocycles. The van der Waals surface area contributed by atoms with Gasteiger partial charge in [-0.05, 0) is 36.8 Å². The molecule has 2 heterocycles. The van der Waals surface area contributed by atoms with Crippen LogP contribution < -0.4 is 15.8 Å². The van der Waals surface area contributed by atoms with Crippen LogP contribution >= 0.6 is 11.3 Å². The first-order chi connectivity index (χ1) is 16.4. The minimum Gasteiger partial charge on any atom is -0.493 e. The lowest BCUT2D eigenvalue weighted by Gasteiger charge is -2.15. The Kier molecular flexibility index (Phi) is 11.1. The van der Waals surface area contributed by atoms with Crippen LogP contribution in [-0.4, -0.2) is 21.8 Å². The van der Waals surface area contributed by atoms with Crippen molar-refractivity contribution in [2.75, 3.05) is 17.7 Å². The second kappa shape index (κ2) is 13.7. The number of hydrogen-bond acceptors (Lipinski definition) is 7. The first kappa shape index (κ1) is 27.4. The number of thiazole rings is 1. The molecule has 3 N–H and O–H groups in total. The van der Waals surface area contributed by atoms with E-state index in [4.69, 9.17) is 10.5 Å². The fourth-order valence-electron chi connectivity index (χ4n) is 3.07. The molecule has 0 aliphatic heterocycles. The summed E-state index contributed by atoms with van der Waals surface area (Å²) in [6, 6.07) is 7.23. The van der Waals surface area contributed by atoms with Gasteiger partial charge in [0.25, 0.3) is 0 Å². The van der Waals surface area contributed by atoms with E-state index >= 15 is 0 Å². The summed E-state index contributed by atoms with van der Waals surface area (Å²) in [5.74, 6) is 0.134. The van der Waals surface area contributed by atoms with Gasteiger partial charge in [-0.25, -0.2) is 4.98 Å². The first-order valence-electron chi connectivity index (χ1n) is 11.5. The predicted molar refractivity (Wildman–Crippen MR) is 132 cm³/mol. The smallest absolute Gasteiger partial charge is 0.420 e. The number of unbranched alkanes of at least 4 members (excludes halogenated alkanes) is 5. The number of ether oxygens (including phenoxy) is 1. The number of halogens is 3. The van der Waals surface area contributed by atoms with Gasteiger partial charge in [-0.2, -0.15) is 13.2 Å². The van der Waals surface area contributed by atoms with E-state index < -0.39 is 11.7 Å². The molecule has 0 aliphatic rings. The molecule has 0 saturated heterocycles. The van der Waals surface area contributed by atoms with E-state index in [1.165, 1.54) is 23.8 Å². The molecular formula is C24H32F3N5OS. The largest absolute Gasteiger partial charge is 0.493 e. The fraction of sp³-hybridized carbons (Fsp3) is 0.458. The number of rotatable bonds is 11. The van der Waals surface area contributed by atoms with Crippen molar-refractivity contribution in [3.05, 3.63) is 41.3 Å². The molecule has 0 atom stereocenters. The van der Waals surface area contributed by atoms with Crippen molar-refractivity contribution in [2.24, 2.45) is 0 Å². The van der Waals surface area contributed by atoms with Crippen LogP contribution in [0.3, 0.4) is 0 Å². The molecule has 0 amide bonds. The van der Waals surface area contributed by atoms with Crippen LogP contribution in [0.5, 0.6) is 5.75 Å². The summed E-state index contributed by atoms with van der Waals surface area (Å²) in [6.45, 7) is 6.41. The second-order valence-corrected chi connectivity index (χ2v) is 8.19. The predicted octanol–water partition coefficient (Wildman–Crippen LogP) is 7.71. The van der Waals surface area contributed by atoms with E-state index in [1.807, 2.05) is 13.8 Å². The van der Waals surface area contributed by atoms with Crippen molar-refractivity contribution >= 4 is 28.0 Å². The summed E-state index contributed by atoms with van der Waals surface area (Å²) < 4.78 is 46.2. The highest BCUT2D eigenvalue weighted by molar-refractivity contribution is 7.14. The molecule has 0 saturated carbocycles. The molecule has 0 bridgehead atoms. The third-order valence-corrected chi connectivity index (χ3v) is 5.50. The standard InChI is InChI=1S/C22H26F3N5OS.C2H6/c1-2-3-4-5-6-7-12-31-19-10-8-15(13-16(19)22(23,24)25)27-21-28-18(14-32-21)17-9-11-20(26)30-29-17;1-2/h8-11,13-14H,2-7,12H2,1H3,(H2,26,30)(H,27,28);1-2H3. The molecule has 3 aromatic rings. The Labute approximate surface area is 202 Å². The molecular weight excluding hydrogens is 463 g/mol. The maximum Gasteiger partial charge on any atom is 0.420 e. The first-order valence-corrected chi connectivity index (χ1v) is 12.4. The zero-order valence-corrected chi connectivity index (χ0v) is 20.6. The Morgan fingerprint density at radius 2 is 1.71 bits per heavy atom. The lowest BCUT2D eigenvalue weighted by molar-refractivity contribution is -0.138. The second-order valence-electron chi connectivity index (χ2n) is 7.33. The van der Waals surface area contributed by atoms with Crippen LogP contribution in [-0.2, 0) is 6.18 Å². The van der Waals surface area contributed by atoms with Crippen LogP contribution in [0.4, 0.5) is 29.8 Å². The number of hydrogen-bond donors (Lipinski definition) is 2. The Morgan fingerprint density at radius 3 is 2.38 bits per heavy atom. The lowest BCUT2D eigenvalue weighted by atomic mass is 10.1. The van der Waals surface area contributed by atoms with E-state index in [-0.39, 0.29) is 18.0 Å². The number of nitrogen functional groups attached to an aromatic ring is 1. The molecule has 186 valence electrons.